The molecule has 0 aliphatic carbocycles. The van der Waals surface area contributed by atoms with Gasteiger partial charge in [0.05, 0.1) is 4.92 Å². The molecule has 0 bridgehead atoms. The summed E-state index contributed by atoms with van der Waals surface area (Å²) in [5.41, 5.74) is 2.18. The van der Waals surface area contributed by atoms with Gasteiger partial charge in [-0.3, -0.25) is 10.1 Å². The van der Waals surface area contributed by atoms with Crippen molar-refractivity contribution in [2.45, 2.75) is 26.7 Å². The molecule has 0 amide bonds. The zero-order valence-electron chi connectivity index (χ0n) is 14.0. The lowest BCUT2D eigenvalue weighted by molar-refractivity contribution is -0.383. The average molecular weight is 327 g/mol. The highest BCUT2D eigenvalue weighted by molar-refractivity contribution is 5.77. The number of nitrogens with zero attached hydrogens (tertiary/aromatic N) is 5. The minimum absolute atomic E-state index is 0.0158. The number of aryl methyl sites for hydroxylation is 1. The van der Waals surface area contributed by atoms with E-state index in [1.54, 1.807) is 0 Å². The molecule has 1 aliphatic heterocycles. The lowest BCUT2D eigenvalue weighted by Gasteiger charge is -2.30. The normalized spacial score (nSPS) is 13.5. The van der Waals surface area contributed by atoms with Crippen molar-refractivity contribution in [1.29, 1.82) is 0 Å². The summed E-state index contributed by atoms with van der Waals surface area (Å²) in [6.45, 7) is 5.96. The highest BCUT2D eigenvalue weighted by Gasteiger charge is 2.31. The standard InChI is InChI=1S/C17H21N5O2/c1-3-20(4-2)16-15(22(23)24)17(19-12-18-16)21-11-7-9-13-8-5-6-10-14(13)21/h5-6,8,10,12H,3-4,7,9,11H2,1-2H3. The fraction of sp³-hybridized carbons (Fsp3) is 0.412. The van der Waals surface area contributed by atoms with Crippen molar-refractivity contribution in [1.82, 2.24) is 9.97 Å². The van der Waals surface area contributed by atoms with Gasteiger partial charge in [-0.2, -0.15) is 0 Å². The van der Waals surface area contributed by atoms with Gasteiger partial charge < -0.3 is 9.80 Å². The first kappa shape index (κ1) is 16.2. The van der Waals surface area contributed by atoms with Crippen LogP contribution in [0.25, 0.3) is 0 Å². The van der Waals surface area contributed by atoms with Crippen molar-refractivity contribution in [3.8, 4) is 0 Å². The topological polar surface area (TPSA) is 75.4 Å². The largest absolute Gasteiger partial charge is 0.353 e. The monoisotopic (exact) mass is 327 g/mol. The van der Waals surface area contributed by atoms with Gasteiger partial charge in [0, 0.05) is 25.3 Å². The summed E-state index contributed by atoms with van der Waals surface area (Å²) < 4.78 is 0. The number of para-hydroxylation sites is 1. The quantitative estimate of drug-likeness (QED) is 0.619. The molecule has 0 atom stereocenters. The van der Waals surface area contributed by atoms with E-state index < -0.39 is 0 Å². The molecule has 0 fully saturated rings. The van der Waals surface area contributed by atoms with Crippen molar-refractivity contribution < 1.29 is 4.92 Å². The van der Waals surface area contributed by atoms with Gasteiger partial charge in [0.15, 0.2) is 0 Å². The molecule has 2 heterocycles. The fourth-order valence-corrected chi connectivity index (χ4v) is 3.23. The average Bonchev–Trinajstić information content (AvgIpc) is 2.62. The number of aromatic nitrogens is 2. The fourth-order valence-electron chi connectivity index (χ4n) is 3.23. The van der Waals surface area contributed by atoms with Gasteiger partial charge >= 0.3 is 5.69 Å². The molecule has 1 aliphatic rings. The Bertz CT molecular complexity index is 746. The Kier molecular flexibility index (Phi) is 4.59. The van der Waals surface area contributed by atoms with E-state index >= 15 is 0 Å². The van der Waals surface area contributed by atoms with Crippen molar-refractivity contribution in [3.63, 3.8) is 0 Å². The minimum Gasteiger partial charge on any atom is -0.351 e. The number of nitro groups is 1. The molecule has 7 nitrogen and oxygen atoms in total. The zero-order valence-corrected chi connectivity index (χ0v) is 14.0. The van der Waals surface area contributed by atoms with E-state index in [0.29, 0.717) is 31.3 Å². The second-order valence-electron chi connectivity index (χ2n) is 5.68. The van der Waals surface area contributed by atoms with Crippen LogP contribution in [0.3, 0.4) is 0 Å². The predicted octanol–water partition coefficient (Wildman–Crippen LogP) is 3.32. The molecule has 126 valence electrons. The Balaban J connectivity index is 2.16. The maximum atomic E-state index is 11.8. The number of hydrogen-bond donors (Lipinski definition) is 0. The summed E-state index contributed by atoms with van der Waals surface area (Å²) in [6, 6.07) is 8.02. The van der Waals surface area contributed by atoms with Crippen LogP contribution in [0.5, 0.6) is 0 Å². The van der Waals surface area contributed by atoms with Crippen molar-refractivity contribution >= 4 is 23.0 Å². The van der Waals surface area contributed by atoms with Crippen LogP contribution in [0.4, 0.5) is 23.0 Å². The number of rotatable bonds is 5. The molecule has 0 N–H and O–H groups in total. The second kappa shape index (κ2) is 6.82. The Morgan fingerprint density at radius 3 is 2.71 bits per heavy atom. The minimum atomic E-state index is -0.361. The van der Waals surface area contributed by atoms with Gasteiger partial charge in [0.2, 0.25) is 11.6 Å². The Morgan fingerprint density at radius 2 is 2.00 bits per heavy atom. The van der Waals surface area contributed by atoms with Gasteiger partial charge in [-0.05, 0) is 38.3 Å². The van der Waals surface area contributed by atoms with E-state index in [1.165, 1.54) is 11.9 Å². The summed E-state index contributed by atoms with van der Waals surface area (Å²) in [6.07, 6.45) is 3.35. The summed E-state index contributed by atoms with van der Waals surface area (Å²) in [5.74, 6) is 0.766. The first-order chi connectivity index (χ1) is 11.7. The summed E-state index contributed by atoms with van der Waals surface area (Å²) in [5, 5.41) is 11.8. The third kappa shape index (κ3) is 2.77. The Hall–Kier alpha value is -2.70. The number of fused-ring (bicyclic) bond motifs is 1. The molecule has 24 heavy (non-hydrogen) atoms. The smallest absolute Gasteiger partial charge is 0.351 e. The van der Waals surface area contributed by atoms with Crippen LogP contribution in [0, 0.1) is 10.1 Å². The van der Waals surface area contributed by atoms with Gasteiger partial charge in [0.25, 0.3) is 0 Å². The molecule has 2 aromatic rings. The highest BCUT2D eigenvalue weighted by atomic mass is 16.6. The molecular formula is C17H21N5O2. The van der Waals surface area contributed by atoms with Crippen LogP contribution in [0.15, 0.2) is 30.6 Å². The molecular weight excluding hydrogens is 306 g/mol. The predicted molar refractivity (Wildman–Crippen MR) is 94.0 cm³/mol. The maximum Gasteiger partial charge on any atom is 0.353 e. The lowest BCUT2D eigenvalue weighted by atomic mass is 10.0. The molecule has 0 saturated carbocycles. The van der Waals surface area contributed by atoms with Crippen molar-refractivity contribution in [2.24, 2.45) is 0 Å². The molecule has 3 rings (SSSR count). The van der Waals surface area contributed by atoms with E-state index in [1.807, 2.05) is 41.8 Å². The highest BCUT2D eigenvalue weighted by Crippen LogP contribution is 2.40. The maximum absolute atomic E-state index is 11.8. The van der Waals surface area contributed by atoms with Gasteiger partial charge in [0.1, 0.15) is 6.33 Å². The first-order valence-corrected chi connectivity index (χ1v) is 8.27. The van der Waals surface area contributed by atoms with E-state index in [2.05, 4.69) is 16.0 Å². The summed E-state index contributed by atoms with van der Waals surface area (Å²) in [4.78, 5) is 23.8. The van der Waals surface area contributed by atoms with Crippen LogP contribution in [0.2, 0.25) is 0 Å². The van der Waals surface area contributed by atoms with E-state index in [4.69, 9.17) is 0 Å². The Morgan fingerprint density at radius 1 is 1.25 bits per heavy atom. The summed E-state index contributed by atoms with van der Waals surface area (Å²) >= 11 is 0. The van der Waals surface area contributed by atoms with Crippen LogP contribution in [-0.2, 0) is 6.42 Å². The molecule has 7 heteroatoms. The molecule has 0 spiro atoms. The SMILES string of the molecule is CCN(CC)c1ncnc(N2CCCc3ccccc32)c1[N+](=O)[O-]. The molecule has 0 radical (unpaired) electrons. The van der Waals surface area contributed by atoms with Crippen LogP contribution < -0.4 is 9.80 Å². The van der Waals surface area contributed by atoms with E-state index in [-0.39, 0.29) is 10.6 Å². The van der Waals surface area contributed by atoms with Crippen LogP contribution >= 0.6 is 0 Å². The third-order valence-corrected chi connectivity index (χ3v) is 4.40. The van der Waals surface area contributed by atoms with Crippen LogP contribution in [-0.4, -0.2) is 34.5 Å². The number of anilines is 3. The van der Waals surface area contributed by atoms with Gasteiger partial charge in [-0.1, -0.05) is 18.2 Å². The number of benzene rings is 1. The zero-order chi connectivity index (χ0) is 17.1. The van der Waals surface area contributed by atoms with E-state index in [0.717, 1.165) is 18.5 Å². The van der Waals surface area contributed by atoms with Gasteiger partial charge in [-0.15, -0.1) is 0 Å². The Labute approximate surface area is 141 Å². The molecule has 0 saturated heterocycles. The van der Waals surface area contributed by atoms with Crippen molar-refractivity contribution in [2.75, 3.05) is 29.4 Å². The molecule has 0 unspecified atom stereocenters. The van der Waals surface area contributed by atoms with Crippen LogP contribution in [0.1, 0.15) is 25.8 Å². The molecule has 1 aromatic carbocycles. The number of hydrogen-bond acceptors (Lipinski definition) is 6. The van der Waals surface area contributed by atoms with Crippen molar-refractivity contribution in [3.05, 3.63) is 46.3 Å². The second-order valence-corrected chi connectivity index (χ2v) is 5.68. The first-order valence-electron chi connectivity index (χ1n) is 8.27. The summed E-state index contributed by atoms with van der Waals surface area (Å²) in [7, 11) is 0. The van der Waals surface area contributed by atoms with E-state index in [9.17, 15) is 10.1 Å². The lowest BCUT2D eigenvalue weighted by Crippen LogP contribution is -2.28. The van der Waals surface area contributed by atoms with Gasteiger partial charge in [-0.25, -0.2) is 9.97 Å². The molecule has 1 aromatic heterocycles. The third-order valence-electron chi connectivity index (χ3n) is 4.40.